The van der Waals surface area contributed by atoms with Crippen molar-refractivity contribution in [3.8, 4) is 0 Å². The molecule has 0 amide bonds. The second-order valence-electron chi connectivity index (χ2n) is 5.00. The summed E-state index contributed by atoms with van der Waals surface area (Å²) in [5.74, 6) is 0. The van der Waals surface area contributed by atoms with Crippen LogP contribution >= 0.6 is 35.6 Å². The van der Waals surface area contributed by atoms with E-state index in [4.69, 9.17) is 23.8 Å². The van der Waals surface area contributed by atoms with E-state index in [1.54, 1.807) is 30.1 Å². The first-order valence-electron chi connectivity index (χ1n) is 5.83. The van der Waals surface area contributed by atoms with Crippen LogP contribution in [0.15, 0.2) is 24.3 Å². The average Bonchev–Trinajstić information content (AvgIpc) is 2.51. The Bertz CT molecular complexity index is 528. The minimum Gasteiger partial charge on any atom is -0.622 e. The lowest BCUT2D eigenvalue weighted by atomic mass is 10.1. The summed E-state index contributed by atoms with van der Waals surface area (Å²) >= 11 is 12.6. The fraction of sp³-hybridized carbons (Fsp3) is 0.385. The van der Waals surface area contributed by atoms with E-state index >= 15 is 0 Å². The van der Waals surface area contributed by atoms with Crippen molar-refractivity contribution in [3.63, 3.8) is 0 Å². The number of halogens is 1. The Morgan fingerprint density at radius 3 is 2.47 bits per heavy atom. The zero-order valence-electron chi connectivity index (χ0n) is 11.0. The van der Waals surface area contributed by atoms with Crippen LogP contribution < -0.4 is 0 Å². The largest absolute Gasteiger partial charge is 0.622 e. The summed E-state index contributed by atoms with van der Waals surface area (Å²) in [5, 5.41) is 13.0. The second-order valence-corrected chi connectivity index (χ2v) is 7.72. The van der Waals surface area contributed by atoms with Gasteiger partial charge in [0.15, 0.2) is 6.21 Å². The average molecular weight is 315 g/mol. The summed E-state index contributed by atoms with van der Waals surface area (Å²) in [4.78, 5) is 1.85. The minimum atomic E-state index is -0.305. The smallest absolute Gasteiger partial charge is 0.254 e. The Kier molecular flexibility index (Phi) is 4.08. The molecule has 0 unspecified atom stereocenters. The first-order valence-corrected chi connectivity index (χ1v) is 7.43. The van der Waals surface area contributed by atoms with Gasteiger partial charge in [0.05, 0.1) is 0 Å². The Morgan fingerprint density at radius 2 is 2.00 bits per heavy atom. The third-order valence-electron chi connectivity index (χ3n) is 3.01. The normalized spacial score (nSPS) is 22.9. The van der Waals surface area contributed by atoms with E-state index in [0.717, 1.165) is 14.6 Å². The van der Waals surface area contributed by atoms with Gasteiger partial charge < -0.3 is 10.1 Å². The number of rotatable bonds is 2. The molecule has 0 N–H and O–H groups in total. The van der Waals surface area contributed by atoms with Crippen LogP contribution in [-0.2, 0) is 0 Å². The summed E-state index contributed by atoms with van der Waals surface area (Å²) in [5.41, 5.74) is 0.825. The molecule has 1 atom stereocenters. The van der Waals surface area contributed by atoms with Crippen LogP contribution in [0.5, 0.6) is 0 Å². The molecule has 0 radical (unpaired) electrons. The van der Waals surface area contributed by atoms with Crippen molar-refractivity contribution >= 4 is 46.1 Å². The first kappa shape index (κ1) is 14.6. The fourth-order valence-corrected chi connectivity index (χ4v) is 4.09. The molecule has 1 aromatic carbocycles. The highest BCUT2D eigenvalue weighted by atomic mass is 35.5. The zero-order chi connectivity index (χ0) is 14.2. The summed E-state index contributed by atoms with van der Waals surface area (Å²) < 4.78 is 1.48. The van der Waals surface area contributed by atoms with Crippen LogP contribution in [0.25, 0.3) is 0 Å². The summed E-state index contributed by atoms with van der Waals surface area (Å²) in [6.07, 6.45) is 1.27. The van der Waals surface area contributed by atoms with Gasteiger partial charge in [-0.2, -0.15) is 4.74 Å². The molecular weight excluding hydrogens is 300 g/mol. The number of benzene rings is 1. The van der Waals surface area contributed by atoms with Crippen LogP contribution in [0.3, 0.4) is 0 Å². The fourth-order valence-electron chi connectivity index (χ4n) is 2.16. The van der Waals surface area contributed by atoms with Crippen LogP contribution in [0.4, 0.5) is 0 Å². The second kappa shape index (κ2) is 5.31. The molecule has 102 valence electrons. The molecule has 1 saturated heterocycles. The molecule has 6 heteroatoms. The van der Waals surface area contributed by atoms with E-state index in [1.807, 2.05) is 37.9 Å². The lowest BCUT2D eigenvalue weighted by molar-refractivity contribution is -0.522. The summed E-state index contributed by atoms with van der Waals surface area (Å²) in [6.45, 7) is 4.05. The van der Waals surface area contributed by atoms with Crippen molar-refractivity contribution < 1.29 is 4.74 Å². The van der Waals surface area contributed by atoms with Gasteiger partial charge in [0, 0.05) is 17.6 Å². The van der Waals surface area contributed by atoms with Gasteiger partial charge in [-0.1, -0.05) is 35.6 Å². The third kappa shape index (κ3) is 3.04. The number of thiocarbonyl (C=S) groups is 1. The van der Waals surface area contributed by atoms with E-state index in [2.05, 4.69) is 0 Å². The number of hydrogen-bond donors (Lipinski definition) is 0. The highest BCUT2D eigenvalue weighted by Crippen LogP contribution is 2.40. The number of hydrogen-bond acceptors (Lipinski definition) is 3. The van der Waals surface area contributed by atoms with Crippen molar-refractivity contribution in [1.82, 2.24) is 4.90 Å². The Morgan fingerprint density at radius 1 is 1.42 bits per heavy atom. The Balaban J connectivity index is 2.30. The number of thioether (sulfide) groups is 1. The molecule has 1 aromatic rings. The molecule has 3 nitrogen and oxygen atoms in total. The van der Waals surface area contributed by atoms with Gasteiger partial charge >= 0.3 is 0 Å². The van der Waals surface area contributed by atoms with E-state index in [9.17, 15) is 5.21 Å². The quantitative estimate of drug-likeness (QED) is 0.275. The van der Waals surface area contributed by atoms with Gasteiger partial charge in [-0.15, -0.1) is 0 Å². The van der Waals surface area contributed by atoms with E-state index in [1.165, 1.54) is 0 Å². The molecule has 1 aliphatic heterocycles. The molecule has 0 bridgehead atoms. The molecule has 0 aromatic heterocycles. The monoisotopic (exact) mass is 314 g/mol. The van der Waals surface area contributed by atoms with Gasteiger partial charge in [-0.05, 0) is 38.1 Å². The SMILES string of the molecule is CN1C(=S)SC(C)(C)[C@H]1/[N+]([O-])=C/c1ccc(Cl)cc1. The highest BCUT2D eigenvalue weighted by molar-refractivity contribution is 8.24. The van der Waals surface area contributed by atoms with Crippen LogP contribution in [0, 0.1) is 5.21 Å². The first-order chi connectivity index (χ1) is 8.81. The number of nitrogens with zero attached hydrogens (tertiary/aromatic N) is 2. The maximum atomic E-state index is 12.4. The molecule has 1 heterocycles. The summed E-state index contributed by atoms with van der Waals surface area (Å²) in [7, 11) is 1.86. The van der Waals surface area contributed by atoms with Gasteiger partial charge in [0.1, 0.15) is 9.07 Å². The van der Waals surface area contributed by atoms with E-state index in [0.29, 0.717) is 5.02 Å². The minimum absolute atomic E-state index is 0.240. The zero-order valence-corrected chi connectivity index (χ0v) is 13.4. The standard InChI is InChI=1S/C13H15ClN2OS2/c1-13(2)11(15(3)12(18)19-13)16(17)8-9-4-6-10(14)7-5-9/h4-8,11H,1-3H3/b16-8-/t11-/m1/s1. The number of hydroxylamine groups is 1. The van der Waals surface area contributed by atoms with Gasteiger partial charge in [-0.25, -0.2) is 0 Å². The Hall–Kier alpha value is -0.780. The molecular formula is C13H15ClN2OS2. The molecule has 19 heavy (non-hydrogen) atoms. The molecule has 0 saturated carbocycles. The van der Waals surface area contributed by atoms with Crippen molar-refractivity contribution in [3.05, 3.63) is 40.1 Å². The predicted octanol–water partition coefficient (Wildman–Crippen LogP) is 3.34. The van der Waals surface area contributed by atoms with Gasteiger partial charge in [-0.3, -0.25) is 0 Å². The van der Waals surface area contributed by atoms with E-state index < -0.39 is 0 Å². The highest BCUT2D eigenvalue weighted by Gasteiger charge is 2.48. The van der Waals surface area contributed by atoms with Gasteiger partial charge in [0.25, 0.3) is 6.17 Å². The molecule has 1 fully saturated rings. The van der Waals surface area contributed by atoms with Crippen molar-refractivity contribution in [2.75, 3.05) is 7.05 Å². The van der Waals surface area contributed by atoms with Crippen molar-refractivity contribution in [2.24, 2.45) is 0 Å². The van der Waals surface area contributed by atoms with E-state index in [-0.39, 0.29) is 10.9 Å². The Labute approximate surface area is 127 Å². The lowest BCUT2D eigenvalue weighted by Crippen LogP contribution is -2.46. The maximum Gasteiger partial charge on any atom is 0.254 e. The maximum absolute atomic E-state index is 12.4. The van der Waals surface area contributed by atoms with Gasteiger partial charge in [0.2, 0.25) is 0 Å². The topological polar surface area (TPSA) is 29.3 Å². The van der Waals surface area contributed by atoms with Crippen molar-refractivity contribution in [1.29, 1.82) is 0 Å². The summed E-state index contributed by atoms with van der Waals surface area (Å²) in [6, 6.07) is 7.18. The molecule has 0 spiro atoms. The van der Waals surface area contributed by atoms with Crippen LogP contribution in [-0.4, -0.2) is 38.1 Å². The predicted molar refractivity (Wildman–Crippen MR) is 86.1 cm³/mol. The van der Waals surface area contributed by atoms with Crippen LogP contribution in [0.1, 0.15) is 19.4 Å². The van der Waals surface area contributed by atoms with Crippen molar-refractivity contribution in [2.45, 2.75) is 24.8 Å². The lowest BCUT2D eigenvalue weighted by Gasteiger charge is -2.27. The molecule has 2 rings (SSSR count). The molecule has 0 aliphatic carbocycles. The third-order valence-corrected chi connectivity index (χ3v) is 5.00. The molecule has 1 aliphatic rings. The van der Waals surface area contributed by atoms with Crippen LogP contribution in [0.2, 0.25) is 5.02 Å².